The molecule has 36 heavy (non-hydrogen) atoms. The molecule has 0 saturated heterocycles. The number of anilines is 3. The number of carbonyl (C=O) groups is 1. The van der Waals surface area contributed by atoms with Gasteiger partial charge in [-0.15, -0.1) is 0 Å². The Hall–Kier alpha value is -3.76. The van der Waals surface area contributed by atoms with Crippen molar-refractivity contribution < 1.29 is 36.9 Å². The molecule has 3 aromatic rings. The van der Waals surface area contributed by atoms with Gasteiger partial charge >= 0.3 is 12.1 Å². The van der Waals surface area contributed by atoms with Gasteiger partial charge in [0.2, 0.25) is 0 Å². The van der Waals surface area contributed by atoms with E-state index in [1.807, 2.05) is 0 Å². The van der Waals surface area contributed by atoms with Crippen molar-refractivity contribution in [1.82, 2.24) is 0 Å². The summed E-state index contributed by atoms with van der Waals surface area (Å²) in [6, 6.07) is 18.2. The predicted molar refractivity (Wildman–Crippen MR) is 129 cm³/mol. The minimum Gasteiger partial charge on any atom is -0.491 e. The van der Waals surface area contributed by atoms with Gasteiger partial charge in [-0.1, -0.05) is 18.2 Å². The predicted octanol–water partition coefficient (Wildman–Crippen LogP) is 5.30. The van der Waals surface area contributed by atoms with E-state index in [0.29, 0.717) is 43.6 Å². The number of hydrogen-bond donors (Lipinski definition) is 2. The molecule has 0 aliphatic carbocycles. The fraction of sp³-hybridized carbons (Fsp3) is 0.269. The number of nitrogens with one attached hydrogen (secondary N) is 1. The Morgan fingerprint density at radius 1 is 0.806 bits per heavy atom. The molecule has 0 aliphatic heterocycles. The largest absolute Gasteiger partial charge is 0.491 e. The molecule has 3 N–H and O–H groups in total. The highest BCUT2D eigenvalue weighted by molar-refractivity contribution is 5.96. The van der Waals surface area contributed by atoms with Gasteiger partial charge in [0.05, 0.1) is 43.2 Å². The molecule has 0 saturated carbocycles. The number of alkyl halides is 3. The Morgan fingerprint density at radius 3 is 2.19 bits per heavy atom. The summed E-state index contributed by atoms with van der Waals surface area (Å²) in [7, 11) is 0. The molecule has 192 valence electrons. The lowest BCUT2D eigenvalue weighted by atomic mass is 10.1. The molecular formula is C26H27F3N2O5. The van der Waals surface area contributed by atoms with Crippen LogP contribution in [0.2, 0.25) is 0 Å². The molecule has 3 aromatic carbocycles. The quantitative estimate of drug-likeness (QED) is 0.185. The Balaban J connectivity index is 1.33. The molecule has 0 radical (unpaired) electrons. The Labute approximate surface area is 206 Å². The van der Waals surface area contributed by atoms with E-state index in [0.717, 1.165) is 12.1 Å². The Bertz CT molecular complexity index is 1110. The number of carbonyl (C=O) groups excluding carboxylic acids is 1. The average molecular weight is 505 g/mol. The first-order valence-electron chi connectivity index (χ1n) is 11.2. The first-order valence-corrected chi connectivity index (χ1v) is 11.2. The number of para-hydroxylation sites is 1. The summed E-state index contributed by atoms with van der Waals surface area (Å²) in [4.78, 5) is 12.5. The van der Waals surface area contributed by atoms with E-state index < -0.39 is 17.7 Å². The van der Waals surface area contributed by atoms with E-state index in [4.69, 9.17) is 24.7 Å². The van der Waals surface area contributed by atoms with Crippen LogP contribution in [0.4, 0.5) is 30.2 Å². The molecule has 0 fully saturated rings. The van der Waals surface area contributed by atoms with Gasteiger partial charge in [0.15, 0.2) is 0 Å². The average Bonchev–Trinajstić information content (AvgIpc) is 2.86. The molecule has 0 amide bonds. The van der Waals surface area contributed by atoms with Crippen LogP contribution < -0.4 is 15.8 Å². The van der Waals surface area contributed by atoms with Crippen molar-refractivity contribution in [2.45, 2.75) is 6.18 Å². The van der Waals surface area contributed by atoms with Crippen molar-refractivity contribution in [2.24, 2.45) is 0 Å². The molecule has 0 aromatic heterocycles. The van der Waals surface area contributed by atoms with Crippen LogP contribution in [0, 0.1) is 0 Å². The second-order valence-corrected chi connectivity index (χ2v) is 7.53. The first-order chi connectivity index (χ1) is 17.3. The molecule has 0 aliphatic rings. The number of rotatable bonds is 13. The highest BCUT2D eigenvalue weighted by atomic mass is 19.4. The van der Waals surface area contributed by atoms with Gasteiger partial charge in [-0.2, -0.15) is 13.2 Å². The third-order valence-corrected chi connectivity index (χ3v) is 4.83. The number of nitrogens with two attached hydrogens (primary N) is 1. The Morgan fingerprint density at radius 2 is 1.47 bits per heavy atom. The SMILES string of the molecule is Nc1ccc(OCCOCCOCCOC(=O)c2ccccc2Nc2cccc(C(F)(F)F)c2)cc1. The second-order valence-electron chi connectivity index (χ2n) is 7.53. The summed E-state index contributed by atoms with van der Waals surface area (Å²) in [6.45, 7) is 1.61. The molecule has 0 spiro atoms. The number of hydrogen-bond acceptors (Lipinski definition) is 7. The second kappa shape index (κ2) is 13.4. The lowest BCUT2D eigenvalue weighted by Gasteiger charge is -2.13. The zero-order chi connectivity index (χ0) is 25.8. The normalized spacial score (nSPS) is 11.2. The lowest BCUT2D eigenvalue weighted by Crippen LogP contribution is -2.15. The van der Waals surface area contributed by atoms with E-state index in [1.54, 1.807) is 42.5 Å². The number of esters is 1. The van der Waals surface area contributed by atoms with Crippen molar-refractivity contribution in [3.63, 3.8) is 0 Å². The summed E-state index contributed by atoms with van der Waals surface area (Å²) in [5.41, 5.74) is 6.21. The van der Waals surface area contributed by atoms with Crippen molar-refractivity contribution in [2.75, 3.05) is 50.7 Å². The van der Waals surface area contributed by atoms with Gasteiger partial charge in [-0.05, 0) is 54.6 Å². The molecular weight excluding hydrogens is 477 g/mol. The van der Waals surface area contributed by atoms with Crippen molar-refractivity contribution >= 4 is 23.0 Å². The minimum absolute atomic E-state index is 0.0109. The zero-order valence-electron chi connectivity index (χ0n) is 19.4. The van der Waals surface area contributed by atoms with E-state index in [-0.39, 0.29) is 24.5 Å². The summed E-state index contributed by atoms with van der Waals surface area (Å²) in [5, 5.41) is 2.85. The zero-order valence-corrected chi connectivity index (χ0v) is 19.4. The summed E-state index contributed by atoms with van der Waals surface area (Å²) in [6.07, 6.45) is -4.47. The summed E-state index contributed by atoms with van der Waals surface area (Å²) < 4.78 is 60.4. The van der Waals surface area contributed by atoms with Crippen LogP contribution in [-0.2, 0) is 20.4 Å². The fourth-order valence-corrected chi connectivity index (χ4v) is 3.07. The number of benzene rings is 3. The fourth-order valence-electron chi connectivity index (χ4n) is 3.07. The van der Waals surface area contributed by atoms with Crippen LogP contribution in [0.25, 0.3) is 0 Å². The standard InChI is InChI=1S/C26H27F3N2O5/c27-26(28,29)19-4-3-5-21(18-19)31-24-7-2-1-6-23(24)25(32)36-17-15-34-13-12-33-14-16-35-22-10-8-20(30)9-11-22/h1-11,18,31H,12-17,30H2. The van der Waals surface area contributed by atoms with Gasteiger partial charge in [0.25, 0.3) is 0 Å². The topological polar surface area (TPSA) is 92.0 Å². The van der Waals surface area contributed by atoms with E-state index in [9.17, 15) is 18.0 Å². The van der Waals surface area contributed by atoms with Crippen molar-refractivity contribution in [3.05, 3.63) is 83.9 Å². The molecule has 0 bridgehead atoms. The van der Waals surface area contributed by atoms with Gasteiger partial charge < -0.3 is 30.0 Å². The molecule has 7 nitrogen and oxygen atoms in total. The first kappa shape index (κ1) is 26.8. The van der Waals surface area contributed by atoms with Gasteiger partial charge in [0.1, 0.15) is 19.0 Å². The Kier molecular flexibility index (Phi) is 9.96. The highest BCUT2D eigenvalue weighted by Gasteiger charge is 2.30. The minimum atomic E-state index is -4.47. The van der Waals surface area contributed by atoms with Crippen LogP contribution in [0.1, 0.15) is 15.9 Å². The maximum absolute atomic E-state index is 13.0. The highest BCUT2D eigenvalue weighted by Crippen LogP contribution is 2.32. The third-order valence-electron chi connectivity index (χ3n) is 4.83. The monoisotopic (exact) mass is 504 g/mol. The molecule has 10 heteroatoms. The van der Waals surface area contributed by atoms with Crippen molar-refractivity contribution in [3.8, 4) is 5.75 Å². The van der Waals surface area contributed by atoms with Gasteiger partial charge in [0, 0.05) is 11.4 Å². The number of nitrogen functional groups attached to an aromatic ring is 1. The van der Waals surface area contributed by atoms with E-state index in [2.05, 4.69) is 5.32 Å². The maximum Gasteiger partial charge on any atom is 0.416 e. The molecule has 3 rings (SSSR count). The molecule has 0 heterocycles. The summed E-state index contributed by atoms with van der Waals surface area (Å²) >= 11 is 0. The van der Waals surface area contributed by atoms with Crippen molar-refractivity contribution in [1.29, 1.82) is 0 Å². The van der Waals surface area contributed by atoms with Crippen LogP contribution in [0.5, 0.6) is 5.75 Å². The van der Waals surface area contributed by atoms with Gasteiger partial charge in [-0.25, -0.2) is 4.79 Å². The molecule has 0 unspecified atom stereocenters. The van der Waals surface area contributed by atoms with Crippen LogP contribution in [-0.4, -0.2) is 45.6 Å². The maximum atomic E-state index is 13.0. The van der Waals surface area contributed by atoms with Gasteiger partial charge in [-0.3, -0.25) is 0 Å². The number of halogens is 3. The van der Waals surface area contributed by atoms with E-state index >= 15 is 0 Å². The summed E-state index contributed by atoms with van der Waals surface area (Å²) in [5.74, 6) is 0.0854. The van der Waals surface area contributed by atoms with E-state index in [1.165, 1.54) is 18.2 Å². The third kappa shape index (κ3) is 8.79. The number of ether oxygens (including phenoxy) is 4. The smallest absolute Gasteiger partial charge is 0.416 e. The molecule has 0 atom stereocenters. The van der Waals surface area contributed by atoms with Crippen LogP contribution in [0.15, 0.2) is 72.8 Å². The van der Waals surface area contributed by atoms with Crippen LogP contribution >= 0.6 is 0 Å². The van der Waals surface area contributed by atoms with Crippen LogP contribution in [0.3, 0.4) is 0 Å². The lowest BCUT2D eigenvalue weighted by molar-refractivity contribution is -0.137.